The van der Waals surface area contributed by atoms with Crippen molar-refractivity contribution < 1.29 is 72.4 Å². The lowest BCUT2D eigenvalue weighted by molar-refractivity contribution is -0.141. The maximum atomic E-state index is 13.5. The van der Waals surface area contributed by atoms with Crippen molar-refractivity contribution in [3.05, 3.63) is 34.3 Å². The highest BCUT2D eigenvalue weighted by Gasteiger charge is 2.39. The van der Waals surface area contributed by atoms with Crippen LogP contribution >= 0.6 is 34.3 Å². The van der Waals surface area contributed by atoms with E-state index >= 15 is 0 Å². The minimum atomic E-state index is -4.61. The highest BCUT2D eigenvalue weighted by atomic mass is 35.5. The number of rotatable bonds is 10. The first-order valence-corrected chi connectivity index (χ1v) is 22.6. The van der Waals surface area contributed by atoms with E-state index in [1.165, 1.54) is 25.2 Å². The van der Waals surface area contributed by atoms with Crippen molar-refractivity contribution in [2.45, 2.75) is 119 Å². The fourth-order valence-electron chi connectivity index (χ4n) is 6.73. The summed E-state index contributed by atoms with van der Waals surface area (Å²) in [5.74, 6) is -4.53. The molecule has 1 saturated heterocycles. The number of amides is 1. The smallest absolute Gasteiger partial charge is 0.434 e. The first-order valence-electron chi connectivity index (χ1n) is 20.5. The molecule has 1 aliphatic heterocycles. The molecule has 368 valence electrons. The van der Waals surface area contributed by atoms with Gasteiger partial charge in [-0.25, -0.2) is 47.1 Å². The number of nitrogens with zero attached hydrogens (tertiary/aromatic N) is 7. The van der Waals surface area contributed by atoms with Crippen molar-refractivity contribution >= 4 is 57.4 Å². The normalized spacial score (nSPS) is 18.7. The minimum Gasteiger partial charge on any atom is -0.474 e. The molecule has 8 rings (SSSR count). The van der Waals surface area contributed by atoms with Crippen LogP contribution in [0, 0.1) is 0 Å². The summed E-state index contributed by atoms with van der Waals surface area (Å²) in [4.78, 5) is 46.4. The third kappa shape index (κ3) is 15.0. The number of hydrogen-bond acceptors (Lipinski definition) is 16. The molecule has 67 heavy (non-hydrogen) atoms. The van der Waals surface area contributed by atoms with E-state index in [1.54, 1.807) is 6.07 Å². The van der Waals surface area contributed by atoms with E-state index < -0.39 is 53.2 Å². The number of alkyl halides is 10. The van der Waals surface area contributed by atoms with E-state index in [4.69, 9.17) is 9.47 Å². The van der Waals surface area contributed by atoms with Crippen LogP contribution in [0.3, 0.4) is 0 Å². The molecular weight excluding hydrogens is 980 g/mol. The van der Waals surface area contributed by atoms with Gasteiger partial charge in [0.05, 0.1) is 27.3 Å². The van der Waals surface area contributed by atoms with Gasteiger partial charge in [-0.1, -0.05) is 0 Å². The number of methoxy groups -OCH3 is 2. The molecule has 15 nitrogen and oxygen atoms in total. The quantitative estimate of drug-likeness (QED) is 0.113. The Morgan fingerprint density at radius 3 is 1.39 bits per heavy atom. The second-order valence-electron chi connectivity index (χ2n) is 15.7. The Morgan fingerprint density at radius 2 is 1.06 bits per heavy atom. The highest BCUT2D eigenvalue weighted by Crippen LogP contribution is 2.39. The standard InChI is InChI=1S/C19H20F5N5O3S.C18H19F5N4OS.C2H3ClO2/c1-31-17(30)29-7-11(8-29)32-14-6-13(25-10-2-4-18(20,21)5-3-10)27-15(28-14)16-26-12(9-33-16)19(22,23)24;19-17(20)6-4-10(5-7-17)24-13-8-14(28-11-2-1-3-11)27-15(26-13)16-25-12(9-29-16)18(21,22)23;1-5-2(3)4/h6,9-11H,2-5,7-8H2,1H3,(H,25,27,28);8-11H,1-7H2,(H,24,26,27);1H3. The second kappa shape index (κ2) is 21.5. The number of carbonyl (C=O) groups excluding carboxylic acids is 2. The largest absolute Gasteiger partial charge is 0.474 e. The number of likely N-dealkylation sites (tertiary alicyclic amines) is 1. The van der Waals surface area contributed by atoms with E-state index in [0.29, 0.717) is 5.82 Å². The predicted octanol–water partition coefficient (Wildman–Crippen LogP) is 11.0. The number of halogens is 11. The number of thiazole rings is 2. The molecule has 1 amide bonds. The van der Waals surface area contributed by atoms with Gasteiger partial charge in [0.25, 0.3) is 0 Å². The van der Waals surface area contributed by atoms with Gasteiger partial charge < -0.3 is 34.5 Å². The molecule has 4 aromatic heterocycles. The Hall–Kier alpha value is -5.05. The van der Waals surface area contributed by atoms with Gasteiger partial charge >= 0.3 is 23.9 Å². The predicted molar refractivity (Wildman–Crippen MR) is 223 cm³/mol. The Kier molecular flexibility index (Phi) is 16.5. The van der Waals surface area contributed by atoms with Gasteiger partial charge in [0, 0.05) is 72.3 Å². The van der Waals surface area contributed by atoms with Crippen molar-refractivity contribution in [1.29, 1.82) is 0 Å². The second-order valence-corrected chi connectivity index (χ2v) is 17.7. The molecule has 0 aromatic carbocycles. The van der Waals surface area contributed by atoms with Gasteiger partial charge in [-0.05, 0) is 44.9 Å². The third-order valence-electron chi connectivity index (χ3n) is 10.6. The molecular formula is C39H42ClF10N9O6S2. The average Bonchev–Trinajstić information content (AvgIpc) is 3.95. The monoisotopic (exact) mass is 1020 g/mol. The van der Waals surface area contributed by atoms with Crippen molar-refractivity contribution in [3.8, 4) is 33.4 Å². The molecule has 3 aliphatic carbocycles. The van der Waals surface area contributed by atoms with Crippen molar-refractivity contribution in [2.75, 3.05) is 37.9 Å². The summed E-state index contributed by atoms with van der Waals surface area (Å²) in [5.41, 5.74) is -2.84. The Balaban J connectivity index is 0.000000202. The zero-order valence-corrected chi connectivity index (χ0v) is 37.8. The molecule has 4 aromatic rings. The lowest BCUT2D eigenvalue weighted by Crippen LogP contribution is -2.56. The maximum absolute atomic E-state index is 13.5. The number of hydrogen-bond donors (Lipinski definition) is 2. The fourth-order valence-corrected chi connectivity index (χ4v) is 8.25. The van der Waals surface area contributed by atoms with Crippen molar-refractivity contribution in [1.82, 2.24) is 34.8 Å². The molecule has 4 aliphatic rings. The van der Waals surface area contributed by atoms with E-state index in [1.807, 2.05) is 0 Å². The summed E-state index contributed by atoms with van der Waals surface area (Å²) < 4.78 is 151. The summed E-state index contributed by atoms with van der Waals surface area (Å²) in [7, 11) is 2.48. The molecule has 28 heteroatoms. The van der Waals surface area contributed by atoms with Crippen LogP contribution in [0.2, 0.25) is 0 Å². The molecule has 4 fully saturated rings. The summed E-state index contributed by atoms with van der Waals surface area (Å²) in [6.45, 7) is 0.504. The number of carbonyl (C=O) groups is 2. The summed E-state index contributed by atoms with van der Waals surface area (Å²) in [6, 6.07) is 2.54. The third-order valence-corrected chi connectivity index (χ3v) is 12.4. The Labute approximate surface area is 388 Å². The van der Waals surface area contributed by atoms with E-state index in [2.05, 4.69) is 61.6 Å². The van der Waals surface area contributed by atoms with Crippen LogP contribution in [-0.2, 0) is 21.8 Å². The van der Waals surface area contributed by atoms with E-state index in [-0.39, 0.29) is 122 Å². The van der Waals surface area contributed by atoms with E-state index in [0.717, 1.165) is 52.7 Å². The van der Waals surface area contributed by atoms with Crippen LogP contribution in [0.25, 0.3) is 21.7 Å². The van der Waals surface area contributed by atoms with Crippen LogP contribution in [0.1, 0.15) is 82.0 Å². The van der Waals surface area contributed by atoms with Gasteiger partial charge in [-0.3, -0.25) is 0 Å². The fraction of sp³-hybridized carbons (Fsp3) is 0.590. The van der Waals surface area contributed by atoms with Crippen molar-refractivity contribution in [3.63, 3.8) is 0 Å². The molecule has 2 N–H and O–H groups in total. The van der Waals surface area contributed by atoms with E-state index in [9.17, 15) is 53.5 Å². The molecule has 0 unspecified atom stereocenters. The summed E-state index contributed by atoms with van der Waals surface area (Å²) in [5, 5.41) is 7.90. The lowest BCUT2D eigenvalue weighted by atomic mass is 9.92. The first kappa shape index (κ1) is 51.3. The van der Waals surface area contributed by atoms with Crippen molar-refractivity contribution in [2.24, 2.45) is 0 Å². The molecule has 0 atom stereocenters. The highest BCUT2D eigenvalue weighted by molar-refractivity contribution is 7.13. The maximum Gasteiger partial charge on any atom is 0.434 e. The van der Waals surface area contributed by atoms with Crippen LogP contribution in [-0.4, -0.2) is 110 Å². The zero-order valence-electron chi connectivity index (χ0n) is 35.4. The lowest BCUT2D eigenvalue weighted by Gasteiger charge is -2.37. The zero-order chi connectivity index (χ0) is 48.7. The van der Waals surface area contributed by atoms with Gasteiger partial charge in [-0.15, -0.1) is 22.7 Å². The van der Waals surface area contributed by atoms with Crippen LogP contribution in [0.4, 0.5) is 65.1 Å². The van der Waals surface area contributed by atoms with Crippen LogP contribution < -0.4 is 20.1 Å². The molecule has 0 bridgehead atoms. The van der Waals surface area contributed by atoms with Crippen LogP contribution in [0.5, 0.6) is 11.8 Å². The first-order chi connectivity index (χ1) is 31.5. The average molecular weight is 1020 g/mol. The molecule has 0 spiro atoms. The number of ether oxygens (including phenoxy) is 4. The minimum absolute atomic E-state index is 0.0148. The van der Waals surface area contributed by atoms with Gasteiger partial charge in [-0.2, -0.15) is 36.3 Å². The number of nitrogens with one attached hydrogen (secondary N) is 2. The Morgan fingerprint density at radius 1 is 0.657 bits per heavy atom. The molecule has 5 heterocycles. The summed E-state index contributed by atoms with van der Waals surface area (Å²) in [6.07, 6.45) is -7.19. The Bertz CT molecular complexity index is 2300. The number of aromatic nitrogens is 6. The van der Waals surface area contributed by atoms with Gasteiger partial charge in [0.2, 0.25) is 23.6 Å². The SMILES string of the molecule is COC(=O)Cl.COC(=O)N1CC(Oc2cc(NC3CCC(F)(F)CC3)nc(-c3nc(C(F)(F)F)cs3)n2)C1.FC1(F)CCC(Nc2cc(OC3CCC3)nc(-c3nc(C(F)(F)F)cs3)n2)CC1. The topological polar surface area (TPSA) is 176 Å². The molecule has 0 radical (unpaired) electrons. The molecule has 3 saturated carbocycles. The number of anilines is 2. The summed E-state index contributed by atoms with van der Waals surface area (Å²) >= 11 is 6.12. The van der Waals surface area contributed by atoms with Crippen LogP contribution in [0.15, 0.2) is 22.9 Å². The van der Waals surface area contributed by atoms with Gasteiger partial charge in [0.15, 0.2) is 33.1 Å². The van der Waals surface area contributed by atoms with Gasteiger partial charge in [0.1, 0.15) is 23.8 Å².